The lowest BCUT2D eigenvalue weighted by molar-refractivity contribution is 1.19. The third-order valence-electron chi connectivity index (χ3n) is 9.37. The van der Waals surface area contributed by atoms with Crippen LogP contribution in [0.5, 0.6) is 0 Å². The van der Waals surface area contributed by atoms with Crippen molar-refractivity contribution in [3.63, 3.8) is 0 Å². The number of hydrogen-bond acceptors (Lipinski definition) is 1. The molecule has 0 N–H and O–H groups in total. The minimum Gasteiger partial charge on any atom is -0.310 e. The smallest absolute Gasteiger partial charge is 0.0621 e. The van der Waals surface area contributed by atoms with Gasteiger partial charge in [-0.2, -0.15) is 0 Å². The molecule has 0 saturated heterocycles. The van der Waals surface area contributed by atoms with Crippen LogP contribution in [0.25, 0.3) is 60.5 Å². The fourth-order valence-corrected chi connectivity index (χ4v) is 7.13. The average Bonchev–Trinajstić information content (AvgIpc) is 3.51. The maximum Gasteiger partial charge on any atom is 0.0621 e. The summed E-state index contributed by atoms with van der Waals surface area (Å²) in [5.74, 6) is 0. The van der Waals surface area contributed by atoms with Crippen LogP contribution >= 0.6 is 0 Å². The largest absolute Gasteiger partial charge is 0.310 e. The Morgan fingerprint density at radius 3 is 1.33 bits per heavy atom. The van der Waals surface area contributed by atoms with E-state index in [1.165, 1.54) is 54.8 Å². The van der Waals surface area contributed by atoms with Gasteiger partial charge < -0.3 is 9.47 Å². The second-order valence-corrected chi connectivity index (χ2v) is 12.2. The first-order chi connectivity index (χ1) is 23.8. The fraction of sp³-hybridized carbons (Fsp3) is 0. The van der Waals surface area contributed by atoms with Crippen molar-refractivity contribution in [2.24, 2.45) is 0 Å². The highest BCUT2D eigenvalue weighted by Gasteiger charge is 2.21. The maximum atomic E-state index is 2.42. The van der Waals surface area contributed by atoms with E-state index in [-0.39, 0.29) is 0 Å². The average molecular weight is 613 g/mol. The molecular weight excluding hydrogens is 581 g/mol. The van der Waals surface area contributed by atoms with Gasteiger partial charge in [0.2, 0.25) is 0 Å². The van der Waals surface area contributed by atoms with Crippen molar-refractivity contribution in [2.45, 2.75) is 0 Å². The highest BCUT2D eigenvalue weighted by atomic mass is 15.1. The molecule has 0 atom stereocenters. The van der Waals surface area contributed by atoms with Crippen molar-refractivity contribution in [1.82, 2.24) is 4.57 Å². The van der Waals surface area contributed by atoms with E-state index < -0.39 is 0 Å². The molecule has 2 nitrogen and oxygen atoms in total. The summed E-state index contributed by atoms with van der Waals surface area (Å²) in [6.45, 7) is 0. The van der Waals surface area contributed by atoms with Crippen molar-refractivity contribution in [3.05, 3.63) is 194 Å². The molecule has 0 fully saturated rings. The van der Waals surface area contributed by atoms with Gasteiger partial charge in [-0.25, -0.2) is 0 Å². The Bertz CT molecular complexity index is 2430. The lowest BCUT2D eigenvalue weighted by Gasteiger charge is -2.28. The highest BCUT2D eigenvalue weighted by molar-refractivity contribution is 6.22. The number of fused-ring (bicyclic) bond motifs is 5. The Morgan fingerprint density at radius 2 is 0.771 bits per heavy atom. The lowest BCUT2D eigenvalue weighted by atomic mass is 10.0. The summed E-state index contributed by atoms with van der Waals surface area (Å²) in [7, 11) is 0. The SMILES string of the molecule is c1ccc(-c2ccc(N(c3ccc(-c4ccccc4)cc3)c3cc4c5ccccc5n(-c5ccccc5)c4c4ccccc34)cc2)cc1. The second kappa shape index (κ2) is 11.8. The minimum absolute atomic E-state index is 1.11. The third kappa shape index (κ3) is 4.74. The number of hydrogen-bond donors (Lipinski definition) is 0. The van der Waals surface area contributed by atoms with Gasteiger partial charge in [0.25, 0.3) is 0 Å². The van der Waals surface area contributed by atoms with E-state index in [0.29, 0.717) is 0 Å². The topological polar surface area (TPSA) is 8.17 Å². The summed E-state index contributed by atoms with van der Waals surface area (Å²) in [4.78, 5) is 2.42. The molecule has 0 unspecified atom stereocenters. The number of aromatic nitrogens is 1. The zero-order valence-electron chi connectivity index (χ0n) is 26.4. The first kappa shape index (κ1) is 27.9. The van der Waals surface area contributed by atoms with E-state index in [4.69, 9.17) is 0 Å². The molecule has 0 spiro atoms. The maximum absolute atomic E-state index is 2.42. The minimum atomic E-state index is 1.11. The summed E-state index contributed by atoms with van der Waals surface area (Å²) in [5, 5.41) is 4.89. The Kier molecular flexibility index (Phi) is 6.84. The summed E-state index contributed by atoms with van der Waals surface area (Å²) >= 11 is 0. The molecule has 0 aliphatic heterocycles. The van der Waals surface area contributed by atoms with E-state index in [2.05, 4.69) is 204 Å². The van der Waals surface area contributed by atoms with Crippen LogP contribution in [0.15, 0.2) is 194 Å². The van der Waals surface area contributed by atoms with Crippen molar-refractivity contribution in [3.8, 4) is 27.9 Å². The van der Waals surface area contributed by atoms with Crippen LogP contribution in [0.2, 0.25) is 0 Å². The van der Waals surface area contributed by atoms with Gasteiger partial charge in [-0.05, 0) is 70.8 Å². The van der Waals surface area contributed by atoms with Crippen LogP contribution in [0.1, 0.15) is 0 Å². The molecule has 1 heterocycles. The third-order valence-corrected chi connectivity index (χ3v) is 9.37. The molecule has 2 heteroatoms. The van der Waals surface area contributed by atoms with E-state index in [1.54, 1.807) is 0 Å². The van der Waals surface area contributed by atoms with E-state index >= 15 is 0 Å². The van der Waals surface area contributed by atoms with Gasteiger partial charge in [-0.15, -0.1) is 0 Å². The number of nitrogens with zero attached hydrogens (tertiary/aromatic N) is 2. The molecule has 9 rings (SSSR count). The van der Waals surface area contributed by atoms with E-state index in [0.717, 1.165) is 22.7 Å². The van der Waals surface area contributed by atoms with Crippen LogP contribution in [0.3, 0.4) is 0 Å². The van der Waals surface area contributed by atoms with Gasteiger partial charge in [-0.3, -0.25) is 0 Å². The molecule has 8 aromatic carbocycles. The van der Waals surface area contributed by atoms with Crippen molar-refractivity contribution >= 4 is 49.6 Å². The number of rotatable bonds is 6. The normalized spacial score (nSPS) is 11.3. The summed E-state index contributed by atoms with van der Waals surface area (Å²) in [6, 6.07) is 69.8. The monoisotopic (exact) mass is 612 g/mol. The number of benzene rings is 8. The molecule has 0 aliphatic carbocycles. The van der Waals surface area contributed by atoms with Gasteiger partial charge in [0, 0.05) is 38.6 Å². The quantitative estimate of drug-likeness (QED) is 0.181. The van der Waals surface area contributed by atoms with Crippen LogP contribution < -0.4 is 4.90 Å². The molecule has 0 bridgehead atoms. The predicted octanol–water partition coefficient (Wildman–Crippen LogP) is 12.7. The van der Waals surface area contributed by atoms with Gasteiger partial charge >= 0.3 is 0 Å². The van der Waals surface area contributed by atoms with Crippen LogP contribution in [0.4, 0.5) is 17.1 Å². The molecule has 48 heavy (non-hydrogen) atoms. The van der Waals surface area contributed by atoms with Crippen LogP contribution in [0, 0.1) is 0 Å². The molecule has 0 radical (unpaired) electrons. The van der Waals surface area contributed by atoms with Crippen LogP contribution in [-0.2, 0) is 0 Å². The molecule has 1 aromatic heterocycles. The van der Waals surface area contributed by atoms with Gasteiger partial charge in [-0.1, -0.05) is 146 Å². The molecular formula is C46H32N2. The lowest BCUT2D eigenvalue weighted by Crippen LogP contribution is -2.10. The van der Waals surface area contributed by atoms with Crippen molar-refractivity contribution in [2.75, 3.05) is 4.90 Å². The van der Waals surface area contributed by atoms with Gasteiger partial charge in [0.15, 0.2) is 0 Å². The molecule has 0 aliphatic rings. The van der Waals surface area contributed by atoms with E-state index in [1.807, 2.05) is 0 Å². The molecule has 226 valence electrons. The number of anilines is 3. The van der Waals surface area contributed by atoms with E-state index in [9.17, 15) is 0 Å². The fourth-order valence-electron chi connectivity index (χ4n) is 7.13. The van der Waals surface area contributed by atoms with Gasteiger partial charge in [0.1, 0.15) is 0 Å². The van der Waals surface area contributed by atoms with Gasteiger partial charge in [0.05, 0.1) is 16.7 Å². The zero-order valence-corrected chi connectivity index (χ0v) is 26.4. The molecule has 0 amide bonds. The Labute approximate surface area is 280 Å². The number of para-hydroxylation sites is 2. The molecule has 9 aromatic rings. The molecule has 0 saturated carbocycles. The summed E-state index contributed by atoms with van der Waals surface area (Å²) < 4.78 is 2.42. The van der Waals surface area contributed by atoms with Crippen LogP contribution in [-0.4, -0.2) is 4.57 Å². The first-order valence-corrected chi connectivity index (χ1v) is 16.4. The first-order valence-electron chi connectivity index (χ1n) is 16.4. The standard InChI is InChI=1S/C46H32N2/c1-4-14-33(15-5-1)35-24-28-38(29-25-35)47(39-30-26-36(27-31-39)34-16-6-2-7-17-34)45-32-43-41-21-12-13-23-44(41)48(37-18-8-3-9-19-37)46(43)42-22-11-10-20-40(42)45/h1-32H. The summed E-state index contributed by atoms with van der Waals surface area (Å²) in [6.07, 6.45) is 0. The highest BCUT2D eigenvalue weighted by Crippen LogP contribution is 2.45. The zero-order chi connectivity index (χ0) is 31.9. The Balaban J connectivity index is 1.31. The second-order valence-electron chi connectivity index (χ2n) is 12.2. The Morgan fingerprint density at radius 1 is 0.333 bits per heavy atom. The predicted molar refractivity (Wildman–Crippen MR) is 204 cm³/mol. The van der Waals surface area contributed by atoms with Crippen molar-refractivity contribution in [1.29, 1.82) is 0 Å². The van der Waals surface area contributed by atoms with Crippen molar-refractivity contribution < 1.29 is 0 Å². The Hall–Kier alpha value is -6.38. The summed E-state index contributed by atoms with van der Waals surface area (Å²) in [5.41, 5.74) is 11.8.